The van der Waals surface area contributed by atoms with Gasteiger partial charge >= 0.3 is 12.1 Å². The van der Waals surface area contributed by atoms with Gasteiger partial charge in [-0.2, -0.15) is 0 Å². The van der Waals surface area contributed by atoms with Crippen LogP contribution in [0.25, 0.3) is 5.76 Å². The standard InChI is InChI=1S/C15H15FO5/c1-3-20-15(18)21-13-11-8-10(14(17)19-2)5-4-9(11)6-7-12(13)16/h4-5,8H,3,6-7H2,1-2H3. The molecule has 1 aromatic carbocycles. The fourth-order valence-electron chi connectivity index (χ4n) is 2.10. The minimum Gasteiger partial charge on any atom is -0.465 e. The highest BCUT2D eigenvalue weighted by molar-refractivity contribution is 5.91. The van der Waals surface area contributed by atoms with Crippen LogP contribution >= 0.6 is 0 Å². The van der Waals surface area contributed by atoms with Gasteiger partial charge in [0.25, 0.3) is 0 Å². The molecule has 0 bridgehead atoms. The number of allylic oxidation sites excluding steroid dienone is 1. The third-order valence-electron chi connectivity index (χ3n) is 3.08. The van der Waals surface area contributed by atoms with Crippen molar-refractivity contribution in [3.8, 4) is 0 Å². The average Bonchev–Trinajstić information content (AvgIpc) is 2.49. The van der Waals surface area contributed by atoms with Gasteiger partial charge in [0.15, 0.2) is 5.76 Å². The molecule has 112 valence electrons. The van der Waals surface area contributed by atoms with E-state index >= 15 is 0 Å². The molecule has 0 saturated carbocycles. The molecule has 2 rings (SSSR count). The second-order valence-electron chi connectivity index (χ2n) is 4.38. The molecule has 0 radical (unpaired) electrons. The van der Waals surface area contributed by atoms with E-state index in [2.05, 4.69) is 9.47 Å². The quantitative estimate of drug-likeness (QED) is 0.801. The zero-order chi connectivity index (χ0) is 15.4. The zero-order valence-electron chi connectivity index (χ0n) is 11.8. The van der Waals surface area contributed by atoms with Crippen LogP contribution in [-0.4, -0.2) is 25.8 Å². The van der Waals surface area contributed by atoms with Gasteiger partial charge in [-0.1, -0.05) is 6.07 Å². The Hall–Kier alpha value is -2.37. The summed E-state index contributed by atoms with van der Waals surface area (Å²) in [6.07, 6.45) is -0.364. The molecule has 5 nitrogen and oxygen atoms in total. The van der Waals surface area contributed by atoms with Gasteiger partial charge in [0, 0.05) is 12.0 Å². The number of carbonyl (C=O) groups excluding carboxylic acids is 2. The Labute approximate surface area is 121 Å². The molecule has 1 aliphatic carbocycles. The Morgan fingerprint density at radius 2 is 2.05 bits per heavy atom. The lowest BCUT2D eigenvalue weighted by atomic mass is 9.93. The monoisotopic (exact) mass is 294 g/mol. The molecule has 1 aromatic rings. The van der Waals surface area contributed by atoms with Crippen molar-refractivity contribution >= 4 is 17.9 Å². The number of esters is 1. The Bertz CT molecular complexity index is 606. The van der Waals surface area contributed by atoms with Crippen LogP contribution in [0.4, 0.5) is 9.18 Å². The number of hydrogen-bond donors (Lipinski definition) is 0. The van der Waals surface area contributed by atoms with E-state index in [1.54, 1.807) is 19.1 Å². The Morgan fingerprint density at radius 3 is 2.71 bits per heavy atom. The summed E-state index contributed by atoms with van der Waals surface area (Å²) >= 11 is 0. The van der Waals surface area contributed by atoms with Gasteiger partial charge in [0.1, 0.15) is 5.83 Å². The minimum atomic E-state index is -0.973. The molecule has 0 amide bonds. The first-order valence-corrected chi connectivity index (χ1v) is 6.51. The normalized spacial score (nSPS) is 13.5. The van der Waals surface area contributed by atoms with Crippen molar-refractivity contribution in [2.45, 2.75) is 19.8 Å². The van der Waals surface area contributed by atoms with Gasteiger partial charge in [-0.15, -0.1) is 0 Å². The van der Waals surface area contributed by atoms with Crippen molar-refractivity contribution in [2.24, 2.45) is 0 Å². The molecular weight excluding hydrogens is 279 g/mol. The van der Waals surface area contributed by atoms with Crippen molar-refractivity contribution in [3.63, 3.8) is 0 Å². The highest BCUT2D eigenvalue weighted by Crippen LogP contribution is 2.34. The molecule has 0 N–H and O–H groups in total. The number of aryl methyl sites for hydroxylation is 1. The fourth-order valence-corrected chi connectivity index (χ4v) is 2.10. The molecular formula is C15H15FO5. The lowest BCUT2D eigenvalue weighted by Crippen LogP contribution is -2.13. The first-order valence-electron chi connectivity index (χ1n) is 6.51. The first-order chi connectivity index (χ1) is 10.1. The number of halogens is 1. The van der Waals surface area contributed by atoms with Gasteiger partial charge in [-0.25, -0.2) is 14.0 Å². The molecule has 21 heavy (non-hydrogen) atoms. The second kappa shape index (κ2) is 6.39. The zero-order valence-corrected chi connectivity index (χ0v) is 11.8. The molecule has 0 aromatic heterocycles. The predicted octanol–water partition coefficient (Wildman–Crippen LogP) is 3.23. The van der Waals surface area contributed by atoms with Crippen LogP contribution in [0.1, 0.15) is 34.8 Å². The van der Waals surface area contributed by atoms with Crippen LogP contribution in [0, 0.1) is 0 Å². The van der Waals surface area contributed by atoms with Crippen molar-refractivity contribution in [1.29, 1.82) is 0 Å². The Balaban J connectivity index is 2.38. The van der Waals surface area contributed by atoms with E-state index in [4.69, 9.17) is 4.74 Å². The smallest absolute Gasteiger partial charge is 0.465 e. The number of carbonyl (C=O) groups is 2. The number of ether oxygens (including phenoxy) is 3. The van der Waals surface area contributed by atoms with E-state index in [0.29, 0.717) is 12.0 Å². The molecule has 0 saturated heterocycles. The van der Waals surface area contributed by atoms with Gasteiger partial charge in [0.2, 0.25) is 0 Å². The third-order valence-corrected chi connectivity index (χ3v) is 3.08. The lowest BCUT2D eigenvalue weighted by Gasteiger charge is -2.19. The second-order valence-corrected chi connectivity index (χ2v) is 4.38. The van der Waals surface area contributed by atoms with Gasteiger partial charge in [-0.3, -0.25) is 0 Å². The summed E-state index contributed by atoms with van der Waals surface area (Å²) in [7, 11) is 1.26. The molecule has 6 heteroatoms. The van der Waals surface area contributed by atoms with Crippen molar-refractivity contribution < 1.29 is 28.2 Å². The minimum absolute atomic E-state index is 0.128. The van der Waals surface area contributed by atoms with Crippen LogP contribution in [0.15, 0.2) is 24.0 Å². The maximum Gasteiger partial charge on any atom is 0.513 e. The first kappa shape index (κ1) is 15.0. The summed E-state index contributed by atoms with van der Waals surface area (Å²) in [6, 6.07) is 4.74. The molecule has 0 atom stereocenters. The van der Waals surface area contributed by atoms with Crippen LogP contribution in [0.3, 0.4) is 0 Å². The summed E-state index contributed by atoms with van der Waals surface area (Å²) in [5.74, 6) is -1.28. The molecule has 1 aliphatic rings. The maximum atomic E-state index is 14.0. The largest absolute Gasteiger partial charge is 0.513 e. The number of methoxy groups -OCH3 is 1. The van der Waals surface area contributed by atoms with E-state index in [9.17, 15) is 14.0 Å². The van der Waals surface area contributed by atoms with Gasteiger partial charge in [0.05, 0.1) is 19.3 Å². The van der Waals surface area contributed by atoms with Crippen LogP contribution in [-0.2, 0) is 20.6 Å². The fraction of sp³-hybridized carbons (Fsp3) is 0.333. The summed E-state index contributed by atoms with van der Waals surface area (Å²) < 4.78 is 28.2. The Kier molecular flexibility index (Phi) is 4.57. The number of fused-ring (bicyclic) bond motifs is 1. The van der Waals surface area contributed by atoms with E-state index in [0.717, 1.165) is 5.56 Å². The van der Waals surface area contributed by atoms with E-state index < -0.39 is 18.0 Å². The third kappa shape index (κ3) is 3.21. The summed E-state index contributed by atoms with van der Waals surface area (Å²) in [5.41, 5.74) is 1.42. The number of hydrogen-bond acceptors (Lipinski definition) is 5. The maximum absolute atomic E-state index is 14.0. The van der Waals surface area contributed by atoms with E-state index in [1.807, 2.05) is 0 Å². The predicted molar refractivity (Wildman–Crippen MR) is 72.2 cm³/mol. The van der Waals surface area contributed by atoms with Gasteiger partial charge < -0.3 is 14.2 Å². The summed E-state index contributed by atoms with van der Waals surface area (Å²) in [6.45, 7) is 1.75. The topological polar surface area (TPSA) is 61.8 Å². The van der Waals surface area contributed by atoms with Crippen LogP contribution < -0.4 is 0 Å². The summed E-state index contributed by atoms with van der Waals surface area (Å²) in [4.78, 5) is 23.0. The number of rotatable bonds is 3. The van der Waals surface area contributed by atoms with E-state index in [-0.39, 0.29) is 24.4 Å². The molecule has 0 aliphatic heterocycles. The summed E-state index contributed by atoms with van der Waals surface area (Å²) in [5, 5.41) is 0. The average molecular weight is 294 g/mol. The van der Waals surface area contributed by atoms with Crippen molar-refractivity contribution in [3.05, 3.63) is 40.7 Å². The van der Waals surface area contributed by atoms with Crippen molar-refractivity contribution in [1.82, 2.24) is 0 Å². The molecule has 0 spiro atoms. The van der Waals surface area contributed by atoms with E-state index in [1.165, 1.54) is 13.2 Å². The molecule has 0 heterocycles. The Morgan fingerprint density at radius 1 is 1.29 bits per heavy atom. The molecule has 0 fully saturated rings. The van der Waals surface area contributed by atoms with Crippen molar-refractivity contribution in [2.75, 3.05) is 13.7 Å². The lowest BCUT2D eigenvalue weighted by molar-refractivity contribution is 0.0600. The van der Waals surface area contributed by atoms with Crippen LogP contribution in [0.5, 0.6) is 0 Å². The molecule has 0 unspecified atom stereocenters. The van der Waals surface area contributed by atoms with Crippen LogP contribution in [0.2, 0.25) is 0 Å². The highest BCUT2D eigenvalue weighted by Gasteiger charge is 2.25. The highest BCUT2D eigenvalue weighted by atomic mass is 19.1. The SMILES string of the molecule is CCOC(=O)OC1=C(F)CCc2ccc(C(=O)OC)cc21. The number of benzene rings is 1. The van der Waals surface area contributed by atoms with Gasteiger partial charge in [-0.05, 0) is 31.0 Å².